The maximum absolute atomic E-state index is 12.1. The summed E-state index contributed by atoms with van der Waals surface area (Å²) in [4.78, 5) is 24.0. The Morgan fingerprint density at radius 2 is 2.00 bits per heavy atom. The van der Waals surface area contributed by atoms with Gasteiger partial charge in [0.2, 0.25) is 6.41 Å². The average molecular weight is 318 g/mol. The van der Waals surface area contributed by atoms with E-state index in [1.54, 1.807) is 7.05 Å². The molecule has 0 atom stereocenters. The fraction of sp³-hybridized carbons (Fsp3) is 0.444. The normalized spacial score (nSPS) is 11.7. The Kier molecular flexibility index (Phi) is 7.32. The van der Waals surface area contributed by atoms with Gasteiger partial charge in [0, 0.05) is 13.6 Å². The van der Waals surface area contributed by atoms with E-state index in [0.29, 0.717) is 13.0 Å². The lowest BCUT2D eigenvalue weighted by Crippen LogP contribution is -2.32. The van der Waals surface area contributed by atoms with Crippen LogP contribution in [0.3, 0.4) is 0 Å². The lowest BCUT2D eigenvalue weighted by Gasteiger charge is -2.15. The Labute approximate surface area is 138 Å². The number of aliphatic hydroxyl groups is 1. The smallest absolute Gasteiger partial charge is 0.252 e. The number of hydrogen-bond acceptors (Lipinski definition) is 3. The van der Waals surface area contributed by atoms with Gasteiger partial charge in [0.15, 0.2) is 0 Å². The molecule has 2 N–H and O–H groups in total. The largest absolute Gasteiger partial charge is 0.512 e. The Balaban J connectivity index is 2.47. The Morgan fingerprint density at radius 1 is 1.30 bits per heavy atom. The second kappa shape index (κ2) is 8.98. The average Bonchev–Trinajstić information content (AvgIpc) is 2.51. The molecule has 0 bridgehead atoms. The predicted octanol–water partition coefficient (Wildman–Crippen LogP) is 2.27. The quantitative estimate of drug-likeness (QED) is 0.334. The van der Waals surface area contributed by atoms with Crippen LogP contribution in [0.25, 0.3) is 0 Å². The van der Waals surface area contributed by atoms with Crippen molar-refractivity contribution in [2.75, 3.05) is 20.1 Å². The summed E-state index contributed by atoms with van der Waals surface area (Å²) >= 11 is 0. The van der Waals surface area contributed by atoms with E-state index in [4.69, 9.17) is 0 Å². The van der Waals surface area contributed by atoms with Crippen molar-refractivity contribution in [2.45, 2.75) is 33.6 Å². The van der Waals surface area contributed by atoms with E-state index in [-0.39, 0.29) is 23.8 Å². The summed E-state index contributed by atoms with van der Waals surface area (Å²) in [5.41, 5.74) is 4.00. The summed E-state index contributed by atoms with van der Waals surface area (Å²) in [5, 5.41) is 12.4. The monoisotopic (exact) mass is 318 g/mol. The van der Waals surface area contributed by atoms with E-state index in [1.165, 1.54) is 28.5 Å². The molecule has 0 aliphatic rings. The maximum atomic E-state index is 12.1. The highest BCUT2D eigenvalue weighted by Crippen LogP contribution is 2.11. The number of rotatable bonds is 8. The zero-order valence-corrected chi connectivity index (χ0v) is 14.3. The Morgan fingerprint density at radius 3 is 2.57 bits per heavy atom. The Bertz CT molecular complexity index is 590. The van der Waals surface area contributed by atoms with Gasteiger partial charge in [0.25, 0.3) is 5.91 Å². The summed E-state index contributed by atoms with van der Waals surface area (Å²) in [6.07, 6.45) is 2.32. The fourth-order valence-corrected chi connectivity index (χ4v) is 2.20. The second-order valence-corrected chi connectivity index (χ2v) is 5.86. The van der Waals surface area contributed by atoms with Gasteiger partial charge in [-0.3, -0.25) is 9.59 Å². The minimum Gasteiger partial charge on any atom is -0.512 e. The number of carbonyl (C=O) groups excluding carboxylic acids is 2. The molecule has 0 heterocycles. The number of carbonyl (C=O) groups is 2. The molecule has 1 rings (SSSR count). The van der Waals surface area contributed by atoms with Gasteiger partial charge in [-0.25, -0.2) is 0 Å². The zero-order chi connectivity index (χ0) is 17.4. The fourth-order valence-electron chi connectivity index (χ4n) is 2.20. The third-order valence-electron chi connectivity index (χ3n) is 3.80. The number of nitrogens with zero attached hydrogens (tertiary/aromatic N) is 1. The molecule has 5 heteroatoms. The van der Waals surface area contributed by atoms with Gasteiger partial charge in [-0.1, -0.05) is 18.2 Å². The molecule has 0 saturated carbocycles. The van der Waals surface area contributed by atoms with Crippen LogP contribution >= 0.6 is 0 Å². The second-order valence-electron chi connectivity index (χ2n) is 5.86. The summed E-state index contributed by atoms with van der Waals surface area (Å²) < 4.78 is 0. The lowest BCUT2D eigenvalue weighted by atomic mass is 10.0. The number of likely N-dealkylation sites (N-methyl/N-ethyl adjacent to an activating group) is 1. The number of aliphatic hydroxyl groups excluding tert-OH is 1. The minimum absolute atomic E-state index is 0.0645. The molecule has 2 amide bonds. The van der Waals surface area contributed by atoms with Crippen molar-refractivity contribution in [1.29, 1.82) is 0 Å². The molecule has 0 spiro atoms. The summed E-state index contributed by atoms with van der Waals surface area (Å²) in [6, 6.07) is 6.38. The first-order valence-corrected chi connectivity index (χ1v) is 7.73. The number of hydrogen-bond donors (Lipinski definition) is 2. The lowest BCUT2D eigenvalue weighted by molar-refractivity contribution is -0.118. The third-order valence-corrected chi connectivity index (χ3v) is 3.80. The molecule has 23 heavy (non-hydrogen) atoms. The summed E-state index contributed by atoms with van der Waals surface area (Å²) in [7, 11) is 1.56. The number of benzene rings is 1. The molecule has 1 aromatic rings. The standard InChI is InChI=1S/C18H26N2O3/c1-13-7-8-16(10-14(13)2)6-5-9-19-18(23)17(15(3)22)11-20(4)12-21/h7-8,10,12,22H,5-6,9,11H2,1-4H3,(H,19,23)/b17-15-. The van der Waals surface area contributed by atoms with Crippen LogP contribution in [0.2, 0.25) is 0 Å². The maximum Gasteiger partial charge on any atom is 0.252 e. The SMILES string of the molecule is C/C(O)=C(\CN(C)C=O)C(=O)NCCCc1ccc(C)c(C)c1. The number of aryl methyl sites for hydroxylation is 3. The molecule has 0 unspecified atom stereocenters. The number of nitrogens with one attached hydrogen (secondary N) is 1. The molecular weight excluding hydrogens is 292 g/mol. The van der Waals surface area contributed by atoms with Gasteiger partial charge in [-0.05, 0) is 50.3 Å². The van der Waals surface area contributed by atoms with Crippen molar-refractivity contribution in [2.24, 2.45) is 0 Å². The van der Waals surface area contributed by atoms with Crippen molar-refractivity contribution in [3.63, 3.8) is 0 Å². The molecule has 5 nitrogen and oxygen atoms in total. The highest BCUT2D eigenvalue weighted by Gasteiger charge is 2.14. The molecule has 0 saturated heterocycles. The van der Waals surface area contributed by atoms with Gasteiger partial charge >= 0.3 is 0 Å². The van der Waals surface area contributed by atoms with E-state index >= 15 is 0 Å². The van der Waals surface area contributed by atoms with Gasteiger partial charge in [-0.15, -0.1) is 0 Å². The van der Waals surface area contributed by atoms with Crippen molar-refractivity contribution in [1.82, 2.24) is 10.2 Å². The van der Waals surface area contributed by atoms with Crippen LogP contribution in [0.5, 0.6) is 0 Å². The molecular formula is C18H26N2O3. The number of amides is 2. The van der Waals surface area contributed by atoms with Crippen molar-refractivity contribution >= 4 is 12.3 Å². The minimum atomic E-state index is -0.334. The van der Waals surface area contributed by atoms with Gasteiger partial charge < -0.3 is 15.3 Å². The van der Waals surface area contributed by atoms with Crippen molar-refractivity contribution in [3.8, 4) is 0 Å². The highest BCUT2D eigenvalue weighted by atomic mass is 16.3. The molecule has 0 radical (unpaired) electrons. The molecule has 0 aromatic heterocycles. The van der Waals surface area contributed by atoms with E-state index in [9.17, 15) is 14.7 Å². The van der Waals surface area contributed by atoms with Crippen LogP contribution in [-0.2, 0) is 16.0 Å². The van der Waals surface area contributed by atoms with Gasteiger partial charge in [0.05, 0.1) is 17.9 Å². The van der Waals surface area contributed by atoms with Gasteiger partial charge in [0.1, 0.15) is 0 Å². The number of allylic oxidation sites excluding steroid dienone is 1. The first-order chi connectivity index (χ1) is 10.8. The predicted molar refractivity (Wildman–Crippen MR) is 91.3 cm³/mol. The molecule has 1 aromatic carbocycles. The van der Waals surface area contributed by atoms with Crippen LogP contribution in [0.4, 0.5) is 0 Å². The molecule has 0 fully saturated rings. The highest BCUT2D eigenvalue weighted by molar-refractivity contribution is 5.94. The van der Waals surface area contributed by atoms with E-state index in [1.807, 2.05) is 0 Å². The van der Waals surface area contributed by atoms with E-state index < -0.39 is 0 Å². The zero-order valence-electron chi connectivity index (χ0n) is 14.3. The summed E-state index contributed by atoms with van der Waals surface area (Å²) in [6.45, 7) is 6.23. The topological polar surface area (TPSA) is 69.6 Å². The van der Waals surface area contributed by atoms with Gasteiger partial charge in [-0.2, -0.15) is 0 Å². The summed E-state index contributed by atoms with van der Waals surface area (Å²) in [5.74, 6) is -0.399. The Hall–Kier alpha value is -2.30. The first-order valence-electron chi connectivity index (χ1n) is 7.73. The third kappa shape index (κ3) is 6.14. The van der Waals surface area contributed by atoms with E-state index in [0.717, 1.165) is 12.8 Å². The van der Waals surface area contributed by atoms with Crippen molar-refractivity contribution in [3.05, 3.63) is 46.2 Å². The van der Waals surface area contributed by atoms with E-state index in [2.05, 4.69) is 37.4 Å². The van der Waals surface area contributed by atoms with Crippen LogP contribution in [0.15, 0.2) is 29.5 Å². The van der Waals surface area contributed by atoms with Crippen LogP contribution in [0.1, 0.15) is 30.0 Å². The van der Waals surface area contributed by atoms with Crippen molar-refractivity contribution < 1.29 is 14.7 Å². The molecule has 0 aliphatic heterocycles. The first kappa shape index (κ1) is 18.7. The molecule has 126 valence electrons. The van der Waals surface area contributed by atoms with Crippen LogP contribution in [-0.4, -0.2) is 42.5 Å². The van der Waals surface area contributed by atoms with Crippen LogP contribution < -0.4 is 5.32 Å². The molecule has 0 aliphatic carbocycles. The van der Waals surface area contributed by atoms with Crippen LogP contribution in [0, 0.1) is 13.8 Å².